The summed E-state index contributed by atoms with van der Waals surface area (Å²) >= 11 is 10.9. The Morgan fingerprint density at radius 2 is 1.17 bits per heavy atom. The average Bonchev–Trinajstić information content (AvgIpc) is 0.722. The fourth-order valence-corrected chi connectivity index (χ4v) is 0. The van der Waals surface area contributed by atoms with Gasteiger partial charge in [-0.05, 0) is 13.1 Å². The summed E-state index contributed by atoms with van der Waals surface area (Å²) in [5.41, 5.74) is 0. The maximum absolute atomic E-state index is 5.43. The second-order valence-electron chi connectivity index (χ2n) is 1.33. The second kappa shape index (κ2) is 2.89. The van der Waals surface area contributed by atoms with Crippen LogP contribution in [-0.4, -0.2) is 6.69 Å². The van der Waals surface area contributed by atoms with Crippen molar-refractivity contribution in [1.82, 2.24) is 0 Å². The van der Waals surface area contributed by atoms with Gasteiger partial charge in [-0.15, -0.1) is 22.2 Å². The number of hydrogen-bond donors (Lipinski definition) is 0. The van der Waals surface area contributed by atoms with Crippen molar-refractivity contribution in [2.75, 3.05) is 0 Å². The summed E-state index contributed by atoms with van der Waals surface area (Å²) in [7, 11) is 0. The van der Waals surface area contributed by atoms with Crippen molar-refractivity contribution in [3.63, 3.8) is 0 Å². The zero-order valence-corrected chi connectivity index (χ0v) is 5.77. The Labute approximate surface area is 49.9 Å². The van der Waals surface area contributed by atoms with Crippen molar-refractivity contribution in [1.29, 1.82) is 0 Å². The van der Waals surface area contributed by atoms with Crippen LogP contribution in [0, 0.1) is 0 Å². The smallest absolute Gasteiger partial charge is 0.146 e. The van der Waals surface area contributed by atoms with Gasteiger partial charge in [0, 0.05) is 0 Å². The molecule has 0 aliphatic carbocycles. The molecule has 0 spiro atoms. The van der Waals surface area contributed by atoms with Gasteiger partial charge in [0.2, 0.25) is 6.69 Å². The summed E-state index contributed by atoms with van der Waals surface area (Å²) in [6, 6.07) is 0. The van der Waals surface area contributed by atoms with Gasteiger partial charge in [0.05, 0.1) is 0 Å². The van der Waals surface area contributed by atoms with Gasteiger partial charge in [-0.25, -0.2) is 0 Å². The minimum atomic E-state index is -1.67. The van der Waals surface area contributed by atoms with Crippen LogP contribution in [-0.2, 0) is 0 Å². The van der Waals surface area contributed by atoms with E-state index in [9.17, 15) is 0 Å². The van der Waals surface area contributed by atoms with Gasteiger partial charge in [0.15, 0.2) is 0 Å². The summed E-state index contributed by atoms with van der Waals surface area (Å²) < 4.78 is 0. The van der Waals surface area contributed by atoms with Crippen LogP contribution in [0.2, 0.25) is 13.1 Å². The number of rotatable bonds is 0. The van der Waals surface area contributed by atoms with Gasteiger partial charge < -0.3 is 0 Å². The highest BCUT2D eigenvalue weighted by molar-refractivity contribution is 7.44. The van der Waals surface area contributed by atoms with Gasteiger partial charge in [-0.2, -0.15) is 0 Å². The average molecular weight is 145 g/mol. The van der Waals surface area contributed by atoms with Crippen LogP contribution in [0.5, 0.6) is 0 Å². The molecular weight excluding hydrogens is 135 g/mol. The maximum atomic E-state index is 5.43. The summed E-state index contributed by atoms with van der Waals surface area (Å²) in [6.07, 6.45) is 0. The van der Waals surface area contributed by atoms with Crippen LogP contribution < -0.4 is 0 Å². The molecule has 0 rings (SSSR count). The Hall–Kier alpha value is 0.797. The van der Waals surface area contributed by atoms with Gasteiger partial charge in [-0.1, -0.05) is 7.43 Å². The van der Waals surface area contributed by atoms with E-state index >= 15 is 0 Å². The van der Waals surface area contributed by atoms with Gasteiger partial charge >= 0.3 is 0 Å². The number of hydrogen-bond acceptors (Lipinski definition) is 0. The SMILES string of the molecule is C.C[Si](C)(Cl)Cl. The largest absolute Gasteiger partial charge is 0.245 e. The fourth-order valence-electron chi connectivity index (χ4n) is 0. The molecule has 0 nitrogen and oxygen atoms in total. The topological polar surface area (TPSA) is 0 Å². The van der Waals surface area contributed by atoms with Gasteiger partial charge in [0.25, 0.3) is 0 Å². The van der Waals surface area contributed by atoms with E-state index in [1.807, 2.05) is 13.1 Å². The van der Waals surface area contributed by atoms with Gasteiger partial charge in [-0.3, -0.25) is 0 Å². The Morgan fingerprint density at radius 3 is 1.17 bits per heavy atom. The van der Waals surface area contributed by atoms with E-state index in [2.05, 4.69) is 0 Å². The van der Waals surface area contributed by atoms with E-state index in [-0.39, 0.29) is 7.43 Å². The zero-order chi connectivity index (χ0) is 4.50. The predicted octanol–water partition coefficient (Wildman–Crippen LogP) is 2.80. The van der Waals surface area contributed by atoms with Crippen LogP contribution >= 0.6 is 22.2 Å². The molecule has 0 saturated carbocycles. The molecule has 0 atom stereocenters. The molecule has 0 heterocycles. The molecule has 0 amide bonds. The lowest BCUT2D eigenvalue weighted by Crippen LogP contribution is -2.02. The van der Waals surface area contributed by atoms with Gasteiger partial charge in [0.1, 0.15) is 0 Å². The number of halogens is 2. The molecule has 0 unspecified atom stereocenters. The van der Waals surface area contributed by atoms with E-state index < -0.39 is 6.69 Å². The third-order valence-corrected chi connectivity index (χ3v) is 0. The lowest BCUT2D eigenvalue weighted by atomic mass is 11.9. The molecule has 0 radical (unpaired) electrons. The molecule has 0 N–H and O–H groups in total. The van der Waals surface area contributed by atoms with Crippen LogP contribution in [0.1, 0.15) is 7.43 Å². The highest BCUT2D eigenvalue weighted by Gasteiger charge is 2.08. The fraction of sp³-hybridized carbons (Fsp3) is 1.00. The third-order valence-electron chi connectivity index (χ3n) is 0. The third kappa shape index (κ3) is 109. The Bertz CT molecular complexity index is 24.3. The molecule has 0 aromatic heterocycles. The lowest BCUT2D eigenvalue weighted by molar-refractivity contribution is 2.06. The first-order valence-corrected chi connectivity index (χ1v) is 6.40. The molecule has 0 aliphatic rings. The van der Waals surface area contributed by atoms with E-state index in [0.717, 1.165) is 0 Å². The van der Waals surface area contributed by atoms with Crippen molar-refractivity contribution >= 4 is 28.9 Å². The van der Waals surface area contributed by atoms with E-state index in [1.165, 1.54) is 0 Å². The summed E-state index contributed by atoms with van der Waals surface area (Å²) in [6.45, 7) is 2.05. The summed E-state index contributed by atoms with van der Waals surface area (Å²) in [5, 5.41) is 0. The van der Waals surface area contributed by atoms with Crippen molar-refractivity contribution < 1.29 is 0 Å². The van der Waals surface area contributed by atoms with Crippen molar-refractivity contribution in [3.05, 3.63) is 0 Å². The molecule has 0 bridgehead atoms. The standard InChI is InChI=1S/C2H6Cl2Si.CH4/c1-5(2,3)4;/h1-2H3;1H4. The first-order chi connectivity index (χ1) is 2.00. The van der Waals surface area contributed by atoms with E-state index in [0.29, 0.717) is 0 Å². The zero-order valence-electron chi connectivity index (χ0n) is 3.26. The highest BCUT2D eigenvalue weighted by atomic mass is 35.7. The molecule has 0 saturated heterocycles. The van der Waals surface area contributed by atoms with Crippen molar-refractivity contribution in [3.8, 4) is 0 Å². The summed E-state index contributed by atoms with van der Waals surface area (Å²) in [4.78, 5) is 0. The molecule has 0 aromatic carbocycles. The normalized spacial score (nSPS) is 10.0. The molecule has 40 valence electrons. The first kappa shape index (κ1) is 9.93. The van der Waals surface area contributed by atoms with Crippen LogP contribution in [0.15, 0.2) is 0 Å². The minimum absolute atomic E-state index is 0. The molecule has 0 aromatic rings. The lowest BCUT2D eigenvalue weighted by Gasteiger charge is -1.93. The van der Waals surface area contributed by atoms with Crippen molar-refractivity contribution in [2.45, 2.75) is 20.5 Å². The molecule has 0 fully saturated rings. The minimum Gasteiger partial charge on any atom is -0.146 e. The molecule has 6 heavy (non-hydrogen) atoms. The highest BCUT2D eigenvalue weighted by Crippen LogP contribution is 2.10. The first-order valence-electron chi connectivity index (χ1n) is 1.38. The van der Waals surface area contributed by atoms with Crippen molar-refractivity contribution in [2.24, 2.45) is 0 Å². The molecular formula is C3H10Cl2Si. The second-order valence-corrected chi connectivity index (χ2v) is 10.2. The Morgan fingerprint density at radius 1 is 1.17 bits per heavy atom. The molecule has 3 heteroatoms. The monoisotopic (exact) mass is 144 g/mol. The van der Waals surface area contributed by atoms with E-state index in [1.54, 1.807) is 0 Å². The van der Waals surface area contributed by atoms with E-state index in [4.69, 9.17) is 22.2 Å². The Kier molecular flexibility index (Phi) is 4.78. The van der Waals surface area contributed by atoms with Crippen LogP contribution in [0.4, 0.5) is 0 Å². The van der Waals surface area contributed by atoms with Crippen LogP contribution in [0.3, 0.4) is 0 Å². The quantitative estimate of drug-likeness (QED) is 0.363. The summed E-state index contributed by atoms with van der Waals surface area (Å²) in [5.74, 6) is 0. The Balaban J connectivity index is 0. The predicted molar refractivity (Wildman–Crippen MR) is 35.9 cm³/mol. The maximum Gasteiger partial charge on any atom is 0.245 e. The molecule has 0 aliphatic heterocycles. The van der Waals surface area contributed by atoms with Crippen LogP contribution in [0.25, 0.3) is 0 Å².